The minimum atomic E-state index is 0.791. The number of hydrogen-bond donors (Lipinski definition) is 0. The zero-order valence-electron chi connectivity index (χ0n) is 9.93. The van der Waals surface area contributed by atoms with Gasteiger partial charge in [-0.15, -0.1) is 22.7 Å². The molecule has 1 saturated carbocycles. The fraction of sp³-hybridized carbons (Fsp3) is 0.462. The van der Waals surface area contributed by atoms with Gasteiger partial charge in [0.1, 0.15) is 0 Å². The highest BCUT2D eigenvalue weighted by Crippen LogP contribution is 2.31. The van der Waals surface area contributed by atoms with Gasteiger partial charge in [-0.05, 0) is 31.9 Å². The Labute approximate surface area is 110 Å². The second kappa shape index (κ2) is 4.88. The van der Waals surface area contributed by atoms with Gasteiger partial charge in [0.25, 0.3) is 0 Å². The predicted octanol–water partition coefficient (Wildman–Crippen LogP) is 3.68. The van der Waals surface area contributed by atoms with Crippen molar-refractivity contribution in [2.45, 2.75) is 38.9 Å². The van der Waals surface area contributed by atoms with Crippen LogP contribution in [0.15, 0.2) is 23.0 Å². The highest BCUT2D eigenvalue weighted by atomic mass is 32.1. The Morgan fingerprint density at radius 2 is 2.24 bits per heavy atom. The molecule has 1 aliphatic carbocycles. The van der Waals surface area contributed by atoms with E-state index in [1.165, 1.54) is 28.3 Å². The second-order valence-corrected chi connectivity index (χ2v) is 6.72. The Hall–Kier alpha value is -0.710. The van der Waals surface area contributed by atoms with Gasteiger partial charge in [0.05, 0.1) is 11.2 Å². The van der Waals surface area contributed by atoms with Crippen molar-refractivity contribution in [1.82, 2.24) is 9.88 Å². The lowest BCUT2D eigenvalue weighted by molar-refractivity contribution is 0.245. The molecule has 4 heteroatoms. The molecule has 90 valence electrons. The van der Waals surface area contributed by atoms with E-state index in [1.54, 1.807) is 11.3 Å². The molecule has 3 rings (SSSR count). The van der Waals surface area contributed by atoms with Crippen molar-refractivity contribution >= 4 is 22.7 Å². The fourth-order valence-corrected chi connectivity index (χ4v) is 3.51. The smallest absolute Gasteiger partial charge is 0.0795 e. The van der Waals surface area contributed by atoms with Crippen LogP contribution >= 0.6 is 22.7 Å². The number of thiophene rings is 1. The van der Waals surface area contributed by atoms with Gasteiger partial charge in [0, 0.05) is 34.3 Å². The first kappa shape index (κ1) is 11.4. The minimum Gasteiger partial charge on any atom is -0.289 e. The minimum absolute atomic E-state index is 0.791. The molecule has 0 bridgehead atoms. The summed E-state index contributed by atoms with van der Waals surface area (Å²) >= 11 is 3.60. The summed E-state index contributed by atoms with van der Waals surface area (Å²) in [6, 6.07) is 5.27. The third-order valence-electron chi connectivity index (χ3n) is 3.07. The van der Waals surface area contributed by atoms with Gasteiger partial charge in [0.2, 0.25) is 0 Å². The van der Waals surface area contributed by atoms with Crippen LogP contribution < -0.4 is 0 Å². The van der Waals surface area contributed by atoms with E-state index >= 15 is 0 Å². The summed E-state index contributed by atoms with van der Waals surface area (Å²) in [6.07, 6.45) is 2.71. The summed E-state index contributed by atoms with van der Waals surface area (Å²) in [5, 5.41) is 2.16. The maximum Gasteiger partial charge on any atom is 0.0795 e. The lowest BCUT2D eigenvalue weighted by Crippen LogP contribution is -2.24. The first-order chi connectivity index (χ1) is 8.31. The van der Waals surface area contributed by atoms with Gasteiger partial charge in [0.15, 0.2) is 0 Å². The second-order valence-electron chi connectivity index (χ2n) is 4.63. The summed E-state index contributed by atoms with van der Waals surface area (Å²) in [6.45, 7) is 4.27. The average Bonchev–Trinajstić information content (AvgIpc) is 2.89. The van der Waals surface area contributed by atoms with Crippen LogP contribution in [0.5, 0.6) is 0 Å². The molecule has 0 amide bonds. The van der Waals surface area contributed by atoms with Gasteiger partial charge in [-0.3, -0.25) is 4.90 Å². The van der Waals surface area contributed by atoms with Gasteiger partial charge in [-0.2, -0.15) is 0 Å². The Morgan fingerprint density at radius 1 is 1.35 bits per heavy atom. The SMILES string of the molecule is Cc1ccc(CN(Cc2cscn2)C2CC2)s1. The van der Waals surface area contributed by atoms with E-state index in [-0.39, 0.29) is 0 Å². The Balaban J connectivity index is 1.68. The van der Waals surface area contributed by atoms with Crippen LogP contribution in [0.1, 0.15) is 28.3 Å². The maximum absolute atomic E-state index is 4.39. The molecule has 2 aromatic heterocycles. The van der Waals surface area contributed by atoms with E-state index in [0.29, 0.717) is 0 Å². The van der Waals surface area contributed by atoms with Crippen LogP contribution in [0.4, 0.5) is 0 Å². The Bertz CT molecular complexity index is 471. The number of hydrogen-bond acceptors (Lipinski definition) is 4. The first-order valence-electron chi connectivity index (χ1n) is 5.98. The highest BCUT2D eigenvalue weighted by Gasteiger charge is 2.29. The lowest BCUT2D eigenvalue weighted by Gasteiger charge is -2.19. The van der Waals surface area contributed by atoms with Crippen LogP contribution in [-0.2, 0) is 13.1 Å². The number of aryl methyl sites for hydroxylation is 1. The van der Waals surface area contributed by atoms with Crippen molar-refractivity contribution < 1.29 is 0 Å². The molecule has 2 nitrogen and oxygen atoms in total. The van der Waals surface area contributed by atoms with Crippen molar-refractivity contribution in [3.8, 4) is 0 Å². The molecule has 0 N–H and O–H groups in total. The third-order valence-corrected chi connectivity index (χ3v) is 4.69. The molecule has 0 radical (unpaired) electrons. The summed E-state index contributed by atoms with van der Waals surface area (Å²) in [4.78, 5) is 9.85. The topological polar surface area (TPSA) is 16.1 Å². The Kier molecular flexibility index (Phi) is 3.27. The Morgan fingerprint density at radius 3 is 2.82 bits per heavy atom. The van der Waals surface area contributed by atoms with E-state index < -0.39 is 0 Å². The number of rotatable bonds is 5. The zero-order chi connectivity index (χ0) is 11.7. The lowest BCUT2D eigenvalue weighted by atomic mass is 10.3. The largest absolute Gasteiger partial charge is 0.289 e. The summed E-state index contributed by atoms with van der Waals surface area (Å²) in [7, 11) is 0. The predicted molar refractivity (Wildman–Crippen MR) is 73.4 cm³/mol. The fourth-order valence-electron chi connectivity index (χ4n) is 2.05. The van der Waals surface area contributed by atoms with E-state index in [9.17, 15) is 0 Å². The van der Waals surface area contributed by atoms with Crippen LogP contribution in [0.25, 0.3) is 0 Å². The molecule has 0 aliphatic heterocycles. The summed E-state index contributed by atoms with van der Waals surface area (Å²) in [5.41, 5.74) is 3.14. The molecule has 0 spiro atoms. The molecule has 0 aromatic carbocycles. The quantitative estimate of drug-likeness (QED) is 0.819. The van der Waals surface area contributed by atoms with E-state index in [2.05, 4.69) is 34.3 Å². The highest BCUT2D eigenvalue weighted by molar-refractivity contribution is 7.11. The maximum atomic E-state index is 4.39. The molecule has 17 heavy (non-hydrogen) atoms. The van der Waals surface area contributed by atoms with Crippen molar-refractivity contribution in [1.29, 1.82) is 0 Å². The summed E-state index contributed by atoms with van der Waals surface area (Å²) in [5.74, 6) is 0. The number of aromatic nitrogens is 1. The van der Waals surface area contributed by atoms with Gasteiger partial charge in [-0.25, -0.2) is 4.98 Å². The van der Waals surface area contributed by atoms with Crippen molar-refractivity contribution in [2.75, 3.05) is 0 Å². The first-order valence-corrected chi connectivity index (χ1v) is 7.73. The monoisotopic (exact) mass is 264 g/mol. The van der Waals surface area contributed by atoms with Crippen molar-refractivity contribution in [3.05, 3.63) is 38.5 Å². The zero-order valence-corrected chi connectivity index (χ0v) is 11.6. The van der Waals surface area contributed by atoms with Crippen LogP contribution in [0.3, 0.4) is 0 Å². The van der Waals surface area contributed by atoms with Crippen LogP contribution in [-0.4, -0.2) is 15.9 Å². The molecule has 1 fully saturated rings. The average molecular weight is 264 g/mol. The number of thiazole rings is 1. The normalized spacial score (nSPS) is 15.6. The van der Waals surface area contributed by atoms with Gasteiger partial charge < -0.3 is 0 Å². The molecule has 0 unspecified atom stereocenters. The number of nitrogens with zero attached hydrogens (tertiary/aromatic N) is 2. The van der Waals surface area contributed by atoms with E-state index in [4.69, 9.17) is 0 Å². The molecule has 1 aliphatic rings. The molecule has 0 saturated heterocycles. The van der Waals surface area contributed by atoms with Gasteiger partial charge >= 0.3 is 0 Å². The molecular formula is C13H16N2S2. The van der Waals surface area contributed by atoms with Crippen molar-refractivity contribution in [3.63, 3.8) is 0 Å². The third kappa shape index (κ3) is 2.94. The standard InChI is InChI=1S/C13H16N2S2/c1-10-2-5-13(17-10)7-15(12-3-4-12)6-11-8-16-9-14-11/h2,5,8-9,12H,3-4,6-7H2,1H3. The van der Waals surface area contributed by atoms with Crippen molar-refractivity contribution in [2.24, 2.45) is 0 Å². The van der Waals surface area contributed by atoms with Gasteiger partial charge in [-0.1, -0.05) is 0 Å². The van der Waals surface area contributed by atoms with Crippen LogP contribution in [0.2, 0.25) is 0 Å². The van der Waals surface area contributed by atoms with Crippen LogP contribution in [0, 0.1) is 6.92 Å². The van der Waals surface area contributed by atoms with E-state index in [0.717, 1.165) is 19.1 Å². The van der Waals surface area contributed by atoms with E-state index in [1.807, 2.05) is 16.8 Å². The molecular weight excluding hydrogens is 248 g/mol. The molecule has 0 atom stereocenters. The summed E-state index contributed by atoms with van der Waals surface area (Å²) < 4.78 is 0. The molecule has 2 aromatic rings. The molecule has 2 heterocycles.